The molecule has 0 saturated carbocycles. The van der Waals surface area contributed by atoms with Crippen molar-refractivity contribution >= 4 is 76.9 Å². The molecule has 0 aliphatic heterocycles. The van der Waals surface area contributed by atoms with Crippen LogP contribution in [0, 0.1) is 0 Å². The molecule has 13 aromatic rings. The predicted octanol–water partition coefficient (Wildman–Crippen LogP) is 17.7. The Kier molecular flexibility index (Phi) is 8.98. The van der Waals surface area contributed by atoms with Gasteiger partial charge < -0.3 is 0 Å². The molecule has 0 N–H and O–H groups in total. The minimum absolute atomic E-state index is 0.0889. The first kappa shape index (κ1) is 37.7. The van der Waals surface area contributed by atoms with Crippen LogP contribution in [0.15, 0.2) is 243 Å². The van der Waals surface area contributed by atoms with Crippen LogP contribution in [0.5, 0.6) is 0 Å². The molecule has 0 aliphatic rings. The first-order chi connectivity index (χ1) is 32.3. The zero-order valence-electron chi connectivity index (χ0n) is 35.5. The molecule has 0 unspecified atom stereocenters. The van der Waals surface area contributed by atoms with E-state index in [0.717, 1.165) is 0 Å². The van der Waals surface area contributed by atoms with Crippen LogP contribution in [0.1, 0.15) is 0 Å². The van der Waals surface area contributed by atoms with Crippen LogP contribution in [-0.2, 0) is 0 Å². The zero-order chi connectivity index (χ0) is 42.8. The zero-order valence-corrected chi connectivity index (χ0v) is 37.2. The second-order valence-corrected chi connectivity index (χ2v) is 19.2. The third-order valence-corrected chi connectivity index (χ3v) is 16.0. The van der Waals surface area contributed by atoms with Gasteiger partial charge in [-0.3, -0.25) is 0 Å². The molecular formula is C64H40Se. The van der Waals surface area contributed by atoms with E-state index in [1.807, 2.05) is 0 Å². The fraction of sp³-hybridized carbons (Fsp3) is 0. The standard InChI is InChI=1S/C64H40Se/c1-3-19-41(20-4-1)43-23-15-25-45(39-43)59-47-27-7-11-31-51(47)61(52-32-12-8-28-48(52)59)55-35-18-38-58-63(55)57-37-17-36-56(64(57)65-58)62-53-33-13-9-29-49(53)60(50-30-10-14-34-54(50)62)46-26-16-24-44(40-46)42-21-5-2-6-22-42/h1-40H. The Morgan fingerprint density at radius 1 is 0.215 bits per heavy atom. The van der Waals surface area contributed by atoms with Crippen LogP contribution in [0.4, 0.5) is 0 Å². The maximum absolute atomic E-state index is 2.39. The van der Waals surface area contributed by atoms with E-state index in [2.05, 4.69) is 243 Å². The molecule has 65 heavy (non-hydrogen) atoms. The molecule has 0 nitrogen and oxygen atoms in total. The van der Waals surface area contributed by atoms with Crippen molar-refractivity contribution in [2.75, 3.05) is 0 Å². The van der Waals surface area contributed by atoms with Crippen molar-refractivity contribution < 1.29 is 0 Å². The van der Waals surface area contributed by atoms with Gasteiger partial charge in [-0.1, -0.05) is 24.3 Å². The fourth-order valence-electron chi connectivity index (χ4n) is 10.7. The molecule has 0 amide bonds. The molecular weight excluding hydrogens is 848 g/mol. The summed E-state index contributed by atoms with van der Waals surface area (Å²) in [5.41, 5.74) is 15.2. The number of hydrogen-bond acceptors (Lipinski definition) is 0. The second-order valence-electron chi connectivity index (χ2n) is 17.0. The van der Waals surface area contributed by atoms with E-state index in [4.69, 9.17) is 0 Å². The molecule has 1 heterocycles. The SMILES string of the molecule is c1ccc(-c2cccc(-c3c4ccccc4c(-c4cccc5c4[se]c4cccc(-c6c7ccccc7c(-c7cccc(-c8ccccc8)c7)c7ccccc67)c45)c4ccccc34)c2)cc1. The van der Waals surface area contributed by atoms with E-state index >= 15 is 0 Å². The van der Waals surface area contributed by atoms with E-state index in [1.165, 1.54) is 129 Å². The van der Waals surface area contributed by atoms with E-state index in [1.54, 1.807) is 0 Å². The molecule has 13 rings (SSSR count). The number of rotatable bonds is 6. The summed E-state index contributed by atoms with van der Waals surface area (Å²) in [4.78, 5) is 0. The Morgan fingerprint density at radius 3 is 1.00 bits per heavy atom. The van der Waals surface area contributed by atoms with E-state index < -0.39 is 0 Å². The van der Waals surface area contributed by atoms with Crippen molar-refractivity contribution in [1.29, 1.82) is 0 Å². The number of fused-ring (bicyclic) bond motifs is 7. The van der Waals surface area contributed by atoms with Crippen LogP contribution in [0.25, 0.3) is 129 Å². The van der Waals surface area contributed by atoms with Gasteiger partial charge in [0.1, 0.15) is 0 Å². The van der Waals surface area contributed by atoms with Gasteiger partial charge in [0.15, 0.2) is 0 Å². The van der Waals surface area contributed by atoms with Gasteiger partial charge in [-0.25, -0.2) is 0 Å². The van der Waals surface area contributed by atoms with Crippen LogP contribution in [-0.4, -0.2) is 14.5 Å². The summed E-state index contributed by atoms with van der Waals surface area (Å²) in [7, 11) is 0. The van der Waals surface area contributed by atoms with Gasteiger partial charge in [0.05, 0.1) is 0 Å². The summed E-state index contributed by atoms with van der Waals surface area (Å²) in [5, 5.41) is 13.0. The maximum atomic E-state index is 2.39. The van der Waals surface area contributed by atoms with Crippen molar-refractivity contribution in [3.8, 4) is 66.8 Å². The van der Waals surface area contributed by atoms with Crippen molar-refractivity contribution in [2.24, 2.45) is 0 Å². The third-order valence-electron chi connectivity index (χ3n) is 13.4. The number of hydrogen-bond donors (Lipinski definition) is 0. The summed E-state index contributed by atoms with van der Waals surface area (Å²) in [6.45, 7) is 0. The van der Waals surface area contributed by atoms with Gasteiger partial charge in [0, 0.05) is 0 Å². The van der Waals surface area contributed by atoms with Crippen LogP contribution < -0.4 is 0 Å². The summed E-state index contributed by atoms with van der Waals surface area (Å²) >= 11 is 0.0889. The van der Waals surface area contributed by atoms with Crippen LogP contribution in [0.3, 0.4) is 0 Å². The molecule has 0 radical (unpaired) electrons. The molecule has 12 aromatic carbocycles. The molecule has 0 saturated heterocycles. The van der Waals surface area contributed by atoms with Crippen molar-refractivity contribution in [2.45, 2.75) is 0 Å². The van der Waals surface area contributed by atoms with Gasteiger partial charge in [0.2, 0.25) is 0 Å². The summed E-state index contributed by atoms with van der Waals surface area (Å²) < 4.78 is 2.90. The third kappa shape index (κ3) is 6.12. The van der Waals surface area contributed by atoms with Crippen LogP contribution in [0.2, 0.25) is 0 Å². The van der Waals surface area contributed by atoms with Gasteiger partial charge in [-0.2, -0.15) is 0 Å². The first-order valence-electron chi connectivity index (χ1n) is 22.4. The van der Waals surface area contributed by atoms with Crippen molar-refractivity contribution in [3.05, 3.63) is 243 Å². The Bertz CT molecular complexity index is 3870. The Balaban J connectivity index is 1.05. The molecule has 0 atom stereocenters. The summed E-state index contributed by atoms with van der Waals surface area (Å²) in [6, 6.07) is 90.1. The van der Waals surface area contributed by atoms with Crippen LogP contribution >= 0.6 is 0 Å². The van der Waals surface area contributed by atoms with Crippen molar-refractivity contribution in [1.82, 2.24) is 0 Å². The average Bonchev–Trinajstić information content (AvgIpc) is 3.77. The molecule has 0 aliphatic carbocycles. The molecule has 1 aromatic heterocycles. The second kappa shape index (κ2) is 15.5. The predicted molar refractivity (Wildman–Crippen MR) is 281 cm³/mol. The monoisotopic (exact) mass is 888 g/mol. The summed E-state index contributed by atoms with van der Waals surface area (Å²) in [6.07, 6.45) is 0. The Morgan fingerprint density at radius 2 is 0.538 bits per heavy atom. The van der Waals surface area contributed by atoms with E-state index in [-0.39, 0.29) is 14.5 Å². The Labute approximate surface area is 384 Å². The van der Waals surface area contributed by atoms with E-state index in [0.29, 0.717) is 0 Å². The normalized spacial score (nSPS) is 11.7. The minimum atomic E-state index is 0.0889. The van der Waals surface area contributed by atoms with Gasteiger partial charge in [-0.05, 0) is 0 Å². The van der Waals surface area contributed by atoms with Gasteiger partial charge >= 0.3 is 362 Å². The molecule has 302 valence electrons. The van der Waals surface area contributed by atoms with Crippen molar-refractivity contribution in [3.63, 3.8) is 0 Å². The molecule has 0 bridgehead atoms. The quantitative estimate of drug-likeness (QED) is 0.115. The average molecular weight is 888 g/mol. The molecule has 0 spiro atoms. The topological polar surface area (TPSA) is 0 Å². The van der Waals surface area contributed by atoms with Gasteiger partial charge in [-0.15, -0.1) is 0 Å². The molecule has 0 fully saturated rings. The van der Waals surface area contributed by atoms with Gasteiger partial charge in [0.25, 0.3) is 0 Å². The fourth-order valence-corrected chi connectivity index (χ4v) is 13.3. The summed E-state index contributed by atoms with van der Waals surface area (Å²) in [5.74, 6) is 0. The first-order valence-corrected chi connectivity index (χ1v) is 24.1. The van der Waals surface area contributed by atoms with E-state index in [9.17, 15) is 0 Å². The Hall–Kier alpha value is -7.80. The molecule has 1 heteroatoms. The number of benzene rings is 12.